The monoisotopic (exact) mass is 512 g/mol. The fourth-order valence-electron chi connectivity index (χ4n) is 4.73. The van der Waals surface area contributed by atoms with Crippen molar-refractivity contribution in [3.05, 3.63) is 81.5 Å². The van der Waals surface area contributed by atoms with Crippen molar-refractivity contribution in [1.29, 1.82) is 0 Å². The summed E-state index contributed by atoms with van der Waals surface area (Å²) in [5.74, 6) is -1.38. The van der Waals surface area contributed by atoms with Crippen LogP contribution in [0.4, 0.5) is 4.39 Å². The molecule has 2 aromatic carbocycles. The molecule has 0 bridgehead atoms. The molecular formula is C27H33FN4O5. The van der Waals surface area contributed by atoms with E-state index in [0.29, 0.717) is 45.8 Å². The third-order valence-corrected chi connectivity index (χ3v) is 6.65. The molecule has 0 radical (unpaired) electrons. The van der Waals surface area contributed by atoms with Gasteiger partial charge in [-0.05, 0) is 53.8 Å². The number of hydrogen-bond acceptors (Lipinski definition) is 5. The Balaban J connectivity index is 1.73. The van der Waals surface area contributed by atoms with Gasteiger partial charge >= 0.3 is 5.97 Å². The Morgan fingerprint density at radius 1 is 0.973 bits per heavy atom. The van der Waals surface area contributed by atoms with Crippen LogP contribution in [0.5, 0.6) is 0 Å². The zero-order chi connectivity index (χ0) is 26.5. The average Bonchev–Trinajstić information content (AvgIpc) is 2.92. The number of nitrogens with zero attached hydrogens (tertiary/aromatic N) is 4. The molecule has 0 aliphatic heterocycles. The van der Waals surface area contributed by atoms with Crippen LogP contribution in [-0.2, 0) is 26.2 Å². The third kappa shape index (κ3) is 8.01. The summed E-state index contributed by atoms with van der Waals surface area (Å²) >= 11 is 0. The number of azide groups is 1. The molecule has 0 atom stereocenters. The highest BCUT2D eigenvalue weighted by Crippen LogP contribution is 2.41. The number of carbonyl (C=O) groups is 2. The minimum absolute atomic E-state index is 0.0321. The molecule has 0 unspecified atom stereocenters. The first-order chi connectivity index (χ1) is 18.0. The van der Waals surface area contributed by atoms with Crippen molar-refractivity contribution in [2.75, 3.05) is 39.5 Å². The largest absolute Gasteiger partial charge is 0.478 e. The van der Waals surface area contributed by atoms with Crippen molar-refractivity contribution in [2.24, 2.45) is 5.11 Å². The van der Waals surface area contributed by atoms with Crippen LogP contribution in [0, 0.1) is 5.82 Å². The number of hydrogen-bond donors (Lipinski definition) is 1. The summed E-state index contributed by atoms with van der Waals surface area (Å²) in [4.78, 5) is 29.8. The summed E-state index contributed by atoms with van der Waals surface area (Å²) in [5, 5.41) is 12.6. The zero-order valence-electron chi connectivity index (χ0n) is 20.9. The lowest BCUT2D eigenvalue weighted by atomic mass is 9.68. The summed E-state index contributed by atoms with van der Waals surface area (Å²) in [6.45, 7) is 2.16. The highest BCUT2D eigenvalue weighted by Gasteiger charge is 2.43. The minimum Gasteiger partial charge on any atom is -0.478 e. The van der Waals surface area contributed by atoms with E-state index in [4.69, 9.17) is 15.0 Å². The maximum Gasteiger partial charge on any atom is 0.335 e. The Morgan fingerprint density at radius 3 is 2.24 bits per heavy atom. The molecule has 1 amide bonds. The van der Waals surface area contributed by atoms with E-state index >= 15 is 0 Å². The first kappa shape index (κ1) is 28.1. The van der Waals surface area contributed by atoms with Gasteiger partial charge in [-0.15, -0.1) is 0 Å². The van der Waals surface area contributed by atoms with Crippen LogP contribution in [-0.4, -0.2) is 61.4 Å². The number of benzene rings is 2. The van der Waals surface area contributed by atoms with E-state index in [2.05, 4.69) is 10.0 Å². The van der Waals surface area contributed by atoms with Gasteiger partial charge in [0.15, 0.2) is 0 Å². The van der Waals surface area contributed by atoms with Crippen LogP contribution in [0.15, 0.2) is 53.6 Å². The van der Waals surface area contributed by atoms with E-state index in [1.54, 1.807) is 29.2 Å². The van der Waals surface area contributed by atoms with Crippen molar-refractivity contribution < 1.29 is 28.6 Å². The van der Waals surface area contributed by atoms with E-state index in [0.717, 1.165) is 30.4 Å². The van der Waals surface area contributed by atoms with Crippen LogP contribution in [0.1, 0.15) is 53.6 Å². The summed E-state index contributed by atoms with van der Waals surface area (Å²) in [6.07, 6.45) is 4.25. The SMILES string of the molecule is [N-]=[N+]=NCCOCCOCCN(Cc1ccc(C(=O)O)cc1)C(=O)C1(c2ccc(F)cc2)CCCCC1. The molecule has 37 heavy (non-hydrogen) atoms. The molecule has 0 saturated heterocycles. The van der Waals surface area contributed by atoms with Crippen LogP contribution in [0.3, 0.4) is 0 Å². The molecule has 0 heterocycles. The van der Waals surface area contributed by atoms with E-state index in [1.807, 2.05) is 0 Å². The predicted molar refractivity (Wildman–Crippen MR) is 136 cm³/mol. The lowest BCUT2D eigenvalue weighted by Crippen LogP contribution is -2.48. The Labute approximate surface area is 215 Å². The van der Waals surface area contributed by atoms with Crippen molar-refractivity contribution in [2.45, 2.75) is 44.1 Å². The predicted octanol–water partition coefficient (Wildman–Crippen LogP) is 5.10. The molecule has 1 N–H and O–H groups in total. The van der Waals surface area contributed by atoms with E-state index in [-0.39, 0.29) is 30.4 Å². The van der Waals surface area contributed by atoms with Gasteiger partial charge in [0.2, 0.25) is 5.91 Å². The quantitative estimate of drug-likeness (QED) is 0.163. The van der Waals surface area contributed by atoms with Crippen LogP contribution >= 0.6 is 0 Å². The highest BCUT2D eigenvalue weighted by molar-refractivity contribution is 5.89. The topological polar surface area (TPSA) is 125 Å². The number of amides is 1. The second kappa shape index (κ2) is 14.3. The molecule has 198 valence electrons. The molecule has 0 spiro atoms. The Kier molecular flexibility index (Phi) is 10.9. The Morgan fingerprint density at radius 2 is 1.62 bits per heavy atom. The van der Waals surface area contributed by atoms with Crippen LogP contribution in [0.25, 0.3) is 10.4 Å². The van der Waals surface area contributed by atoms with E-state index in [1.165, 1.54) is 24.3 Å². The molecular weight excluding hydrogens is 479 g/mol. The summed E-state index contributed by atoms with van der Waals surface area (Å²) in [7, 11) is 0. The lowest BCUT2D eigenvalue weighted by molar-refractivity contribution is -0.140. The molecule has 1 fully saturated rings. The van der Waals surface area contributed by atoms with Gasteiger partial charge in [0.05, 0.1) is 37.4 Å². The number of halogens is 1. The molecule has 10 heteroatoms. The van der Waals surface area contributed by atoms with Gasteiger partial charge in [0.25, 0.3) is 0 Å². The smallest absolute Gasteiger partial charge is 0.335 e. The first-order valence-electron chi connectivity index (χ1n) is 12.5. The number of carboxylic acids is 1. The maximum atomic E-state index is 14.2. The third-order valence-electron chi connectivity index (χ3n) is 6.65. The van der Waals surface area contributed by atoms with Crippen molar-refractivity contribution >= 4 is 11.9 Å². The number of carboxylic acid groups (broad SMARTS) is 1. The van der Waals surface area contributed by atoms with Gasteiger partial charge in [0, 0.05) is 24.5 Å². The Hall–Kier alpha value is -3.46. The van der Waals surface area contributed by atoms with Crippen molar-refractivity contribution in [3.63, 3.8) is 0 Å². The fourth-order valence-corrected chi connectivity index (χ4v) is 4.73. The lowest BCUT2D eigenvalue weighted by Gasteiger charge is -2.40. The Bertz CT molecular complexity index is 1070. The van der Waals surface area contributed by atoms with Gasteiger partial charge in [0.1, 0.15) is 5.82 Å². The molecule has 3 rings (SSSR count). The van der Waals surface area contributed by atoms with Crippen molar-refractivity contribution in [3.8, 4) is 0 Å². The number of aromatic carboxylic acids is 1. The molecule has 1 saturated carbocycles. The molecule has 2 aromatic rings. The van der Waals surface area contributed by atoms with Gasteiger partial charge < -0.3 is 19.5 Å². The van der Waals surface area contributed by atoms with Gasteiger partial charge in [-0.3, -0.25) is 4.79 Å². The highest BCUT2D eigenvalue weighted by atomic mass is 19.1. The second-order valence-corrected chi connectivity index (χ2v) is 9.06. The van der Waals surface area contributed by atoms with Gasteiger partial charge in [-0.25, -0.2) is 9.18 Å². The van der Waals surface area contributed by atoms with Crippen LogP contribution in [0.2, 0.25) is 0 Å². The minimum atomic E-state index is -1.01. The molecule has 9 nitrogen and oxygen atoms in total. The number of carbonyl (C=O) groups excluding carboxylic acids is 1. The summed E-state index contributed by atoms with van der Waals surface area (Å²) < 4.78 is 24.7. The number of rotatable bonds is 14. The number of ether oxygens (including phenoxy) is 2. The summed E-state index contributed by atoms with van der Waals surface area (Å²) in [6, 6.07) is 12.7. The van der Waals surface area contributed by atoms with Gasteiger partial charge in [-0.1, -0.05) is 48.6 Å². The fraction of sp³-hybridized carbons (Fsp3) is 0.481. The molecule has 1 aliphatic rings. The summed E-state index contributed by atoms with van der Waals surface area (Å²) in [5.41, 5.74) is 9.35. The van der Waals surface area contributed by atoms with Crippen molar-refractivity contribution in [1.82, 2.24) is 4.90 Å². The first-order valence-corrected chi connectivity index (χ1v) is 12.5. The second-order valence-electron chi connectivity index (χ2n) is 9.06. The normalized spacial score (nSPS) is 14.5. The maximum absolute atomic E-state index is 14.2. The standard InChI is InChI=1S/C27H33FN4O5/c28-24-10-8-23(9-11-24)27(12-2-1-3-13-27)26(35)32(15-17-37-19-18-36-16-14-30-31-29)20-21-4-6-22(7-5-21)25(33)34/h4-11H,1-3,12-20H2,(H,33,34). The van der Waals surface area contributed by atoms with E-state index < -0.39 is 11.4 Å². The van der Waals surface area contributed by atoms with Crippen LogP contribution < -0.4 is 0 Å². The average molecular weight is 513 g/mol. The van der Waals surface area contributed by atoms with E-state index in [9.17, 15) is 19.1 Å². The van der Waals surface area contributed by atoms with Gasteiger partial charge in [-0.2, -0.15) is 0 Å². The molecule has 0 aromatic heterocycles. The molecule has 1 aliphatic carbocycles. The zero-order valence-corrected chi connectivity index (χ0v) is 20.9.